The van der Waals surface area contributed by atoms with E-state index >= 15 is 0 Å². The van der Waals surface area contributed by atoms with Crippen LogP contribution in [0.25, 0.3) is 11.1 Å². The molecule has 0 saturated carbocycles. The van der Waals surface area contributed by atoms with Gasteiger partial charge in [0.25, 0.3) is 5.91 Å². The van der Waals surface area contributed by atoms with Crippen molar-refractivity contribution in [3.05, 3.63) is 81.3 Å². The van der Waals surface area contributed by atoms with Gasteiger partial charge in [-0.15, -0.1) is 0 Å². The fourth-order valence-corrected chi connectivity index (χ4v) is 4.48. The van der Waals surface area contributed by atoms with Gasteiger partial charge in [0, 0.05) is 39.0 Å². The van der Waals surface area contributed by atoms with Gasteiger partial charge in [-0.25, -0.2) is 0 Å². The van der Waals surface area contributed by atoms with Crippen LogP contribution >= 0.6 is 34.8 Å². The van der Waals surface area contributed by atoms with Gasteiger partial charge < -0.3 is 20.5 Å². The second-order valence-electron chi connectivity index (χ2n) is 8.54. The van der Waals surface area contributed by atoms with E-state index in [0.29, 0.717) is 33.0 Å². The van der Waals surface area contributed by atoms with Gasteiger partial charge in [0.15, 0.2) is 0 Å². The molecule has 0 fully saturated rings. The van der Waals surface area contributed by atoms with Crippen molar-refractivity contribution >= 4 is 52.4 Å². The molecule has 0 aliphatic heterocycles. The fourth-order valence-electron chi connectivity index (χ4n) is 3.70. The number of amides is 1. The third-order valence-corrected chi connectivity index (χ3v) is 6.52. The van der Waals surface area contributed by atoms with Crippen LogP contribution in [0.1, 0.15) is 43.0 Å². The van der Waals surface area contributed by atoms with Crippen molar-refractivity contribution in [2.75, 3.05) is 18.5 Å². The van der Waals surface area contributed by atoms with E-state index in [-0.39, 0.29) is 24.9 Å². The van der Waals surface area contributed by atoms with Crippen molar-refractivity contribution in [3.8, 4) is 16.9 Å². The normalized spacial score (nSPS) is 11.6. The molecule has 1 atom stereocenters. The number of aliphatic carboxylic acids is 1. The Labute approximate surface area is 231 Å². The molecule has 0 aliphatic rings. The van der Waals surface area contributed by atoms with Crippen LogP contribution in [0.4, 0.5) is 5.69 Å². The highest BCUT2D eigenvalue weighted by atomic mass is 35.5. The SMILES string of the molecule is CCCC[C@@H](COc1ccc(-c2ccc(Cl)cc2Cl)c(Cl)c1)Nc1ccc(C(=O)NCCC(=O)O)cc1. The minimum absolute atomic E-state index is 0.0411. The molecule has 3 aromatic rings. The number of rotatable bonds is 13. The first-order chi connectivity index (χ1) is 17.8. The van der Waals surface area contributed by atoms with E-state index in [4.69, 9.17) is 44.6 Å². The summed E-state index contributed by atoms with van der Waals surface area (Å²) in [6, 6.07) is 17.9. The quantitative estimate of drug-likeness (QED) is 0.200. The smallest absolute Gasteiger partial charge is 0.305 e. The molecule has 0 aromatic heterocycles. The van der Waals surface area contributed by atoms with Gasteiger partial charge in [0.05, 0.1) is 17.5 Å². The highest BCUT2D eigenvalue weighted by Crippen LogP contribution is 2.36. The number of anilines is 1. The average Bonchev–Trinajstić information content (AvgIpc) is 2.86. The summed E-state index contributed by atoms with van der Waals surface area (Å²) in [5.74, 6) is -0.612. The monoisotopic (exact) mass is 562 g/mol. The van der Waals surface area contributed by atoms with E-state index in [9.17, 15) is 9.59 Å². The molecule has 0 saturated heterocycles. The number of ether oxygens (including phenoxy) is 1. The van der Waals surface area contributed by atoms with Gasteiger partial charge in [-0.3, -0.25) is 9.59 Å². The zero-order valence-electron chi connectivity index (χ0n) is 20.4. The minimum atomic E-state index is -0.954. The highest BCUT2D eigenvalue weighted by molar-refractivity contribution is 6.38. The Kier molecular flexibility index (Phi) is 10.9. The zero-order valence-corrected chi connectivity index (χ0v) is 22.7. The standard InChI is InChI=1S/C28H29Cl3N2O4/c1-2-3-4-21(33-20-8-5-18(6-9-20)28(36)32-14-13-27(34)35)17-37-22-10-12-24(26(31)16-22)23-11-7-19(29)15-25(23)30/h5-12,15-16,21,33H,2-4,13-14,17H2,1H3,(H,32,36)(H,34,35)/t21-/m0/s1. The first-order valence-corrected chi connectivity index (χ1v) is 13.1. The van der Waals surface area contributed by atoms with E-state index in [0.717, 1.165) is 36.1 Å². The fraction of sp³-hybridized carbons (Fsp3) is 0.286. The number of carbonyl (C=O) groups is 2. The Balaban J connectivity index is 1.61. The second kappa shape index (κ2) is 14.1. The van der Waals surface area contributed by atoms with Gasteiger partial charge in [-0.05, 0) is 61.0 Å². The van der Waals surface area contributed by atoms with E-state index < -0.39 is 5.97 Å². The predicted molar refractivity (Wildman–Crippen MR) is 150 cm³/mol. The van der Waals surface area contributed by atoms with Crippen LogP contribution in [0, 0.1) is 0 Å². The average molecular weight is 564 g/mol. The summed E-state index contributed by atoms with van der Waals surface area (Å²) >= 11 is 18.9. The summed E-state index contributed by atoms with van der Waals surface area (Å²) in [4.78, 5) is 22.8. The molecule has 3 aromatic carbocycles. The molecular weight excluding hydrogens is 535 g/mol. The Hall–Kier alpha value is -2.93. The Morgan fingerprint density at radius 3 is 2.24 bits per heavy atom. The maximum Gasteiger partial charge on any atom is 0.305 e. The number of carboxylic acids is 1. The first-order valence-electron chi connectivity index (χ1n) is 12.0. The molecule has 6 nitrogen and oxygen atoms in total. The second-order valence-corrected chi connectivity index (χ2v) is 9.79. The molecule has 1 amide bonds. The lowest BCUT2D eigenvalue weighted by molar-refractivity contribution is -0.136. The maximum atomic E-state index is 12.2. The Bertz CT molecular complexity index is 1220. The zero-order chi connectivity index (χ0) is 26.8. The molecular formula is C28H29Cl3N2O4. The molecule has 0 radical (unpaired) electrons. The van der Waals surface area contributed by atoms with Crippen molar-refractivity contribution in [3.63, 3.8) is 0 Å². The molecule has 196 valence electrons. The lowest BCUT2D eigenvalue weighted by atomic mass is 10.1. The summed E-state index contributed by atoms with van der Waals surface area (Å²) in [6.07, 6.45) is 2.86. The predicted octanol–water partition coefficient (Wildman–Crippen LogP) is 7.57. The third-order valence-electron chi connectivity index (χ3n) is 5.66. The molecule has 0 unspecified atom stereocenters. The van der Waals surface area contributed by atoms with Crippen molar-refractivity contribution in [1.29, 1.82) is 0 Å². The third kappa shape index (κ3) is 8.85. The number of hydrogen-bond acceptors (Lipinski definition) is 4. The summed E-state index contributed by atoms with van der Waals surface area (Å²) < 4.78 is 6.07. The number of carboxylic acid groups (broad SMARTS) is 1. The van der Waals surface area contributed by atoms with Gasteiger partial charge >= 0.3 is 5.97 Å². The minimum Gasteiger partial charge on any atom is -0.491 e. The van der Waals surface area contributed by atoms with Crippen LogP contribution in [0.5, 0.6) is 5.75 Å². The number of hydrogen-bond donors (Lipinski definition) is 3. The molecule has 0 bridgehead atoms. The van der Waals surface area contributed by atoms with Crippen molar-refractivity contribution in [2.24, 2.45) is 0 Å². The molecule has 3 N–H and O–H groups in total. The van der Waals surface area contributed by atoms with Crippen molar-refractivity contribution < 1.29 is 19.4 Å². The lowest BCUT2D eigenvalue weighted by Gasteiger charge is -2.21. The van der Waals surface area contributed by atoms with Gasteiger partial charge in [0.2, 0.25) is 0 Å². The summed E-state index contributed by atoms with van der Waals surface area (Å²) in [7, 11) is 0. The maximum absolute atomic E-state index is 12.2. The number of nitrogens with one attached hydrogen (secondary N) is 2. The summed E-state index contributed by atoms with van der Waals surface area (Å²) in [5, 5.41) is 16.4. The summed E-state index contributed by atoms with van der Waals surface area (Å²) in [5.41, 5.74) is 2.91. The molecule has 0 heterocycles. The van der Waals surface area contributed by atoms with Crippen molar-refractivity contribution in [2.45, 2.75) is 38.6 Å². The summed E-state index contributed by atoms with van der Waals surface area (Å²) in [6.45, 7) is 2.65. The molecule has 9 heteroatoms. The van der Waals surface area contributed by atoms with E-state index in [1.807, 2.05) is 30.3 Å². The number of carbonyl (C=O) groups excluding carboxylic acids is 1. The number of unbranched alkanes of at least 4 members (excludes halogenated alkanes) is 1. The van der Waals surface area contributed by atoms with E-state index in [1.54, 1.807) is 30.3 Å². The van der Waals surface area contributed by atoms with Gasteiger partial charge in [-0.1, -0.05) is 60.6 Å². The van der Waals surface area contributed by atoms with Crippen LogP contribution in [-0.4, -0.2) is 36.2 Å². The number of halogens is 3. The van der Waals surface area contributed by atoms with Crippen LogP contribution in [0.2, 0.25) is 15.1 Å². The molecule has 0 spiro atoms. The topological polar surface area (TPSA) is 87.7 Å². The molecule has 0 aliphatic carbocycles. The lowest BCUT2D eigenvalue weighted by Crippen LogP contribution is -2.27. The van der Waals surface area contributed by atoms with Gasteiger partial charge in [-0.2, -0.15) is 0 Å². The van der Waals surface area contributed by atoms with Gasteiger partial charge in [0.1, 0.15) is 12.4 Å². The van der Waals surface area contributed by atoms with Crippen LogP contribution in [0.3, 0.4) is 0 Å². The largest absolute Gasteiger partial charge is 0.491 e. The molecule has 37 heavy (non-hydrogen) atoms. The van der Waals surface area contributed by atoms with Crippen LogP contribution in [-0.2, 0) is 4.79 Å². The van der Waals surface area contributed by atoms with E-state index in [1.165, 1.54) is 0 Å². The van der Waals surface area contributed by atoms with Crippen molar-refractivity contribution in [1.82, 2.24) is 5.32 Å². The molecule has 3 rings (SSSR count). The number of benzene rings is 3. The Morgan fingerprint density at radius 2 is 1.62 bits per heavy atom. The first kappa shape index (κ1) is 28.6. The van der Waals surface area contributed by atoms with Crippen LogP contribution < -0.4 is 15.4 Å². The highest BCUT2D eigenvalue weighted by Gasteiger charge is 2.13. The Morgan fingerprint density at radius 1 is 0.946 bits per heavy atom. The van der Waals surface area contributed by atoms with E-state index in [2.05, 4.69) is 17.6 Å². The van der Waals surface area contributed by atoms with Crippen LogP contribution in [0.15, 0.2) is 60.7 Å².